The Labute approximate surface area is 96.5 Å². The molecule has 16 heavy (non-hydrogen) atoms. The Hall–Kier alpha value is -0.780. The first-order chi connectivity index (χ1) is 7.74. The molecule has 1 aliphatic heterocycles. The summed E-state index contributed by atoms with van der Waals surface area (Å²) in [5, 5.41) is 7.90. The highest BCUT2D eigenvalue weighted by atomic mass is 32.1. The van der Waals surface area contributed by atoms with Crippen molar-refractivity contribution >= 4 is 16.5 Å². The summed E-state index contributed by atoms with van der Waals surface area (Å²) >= 11 is 1.03. The minimum absolute atomic E-state index is 0.160. The minimum Gasteiger partial charge on any atom is -0.346 e. The van der Waals surface area contributed by atoms with Crippen molar-refractivity contribution < 1.29 is 8.78 Å². The molecule has 0 amide bonds. The van der Waals surface area contributed by atoms with Gasteiger partial charge in [0.1, 0.15) is 0 Å². The van der Waals surface area contributed by atoms with Gasteiger partial charge in [-0.15, -0.1) is 10.2 Å². The first-order valence-corrected chi connectivity index (χ1v) is 6.42. The number of alkyl halides is 2. The normalized spacial score (nSPS) is 29.1. The van der Waals surface area contributed by atoms with Gasteiger partial charge in [0.15, 0.2) is 5.01 Å². The van der Waals surface area contributed by atoms with Crippen molar-refractivity contribution in [3.63, 3.8) is 0 Å². The van der Waals surface area contributed by atoms with Crippen LogP contribution in [0.15, 0.2) is 0 Å². The summed E-state index contributed by atoms with van der Waals surface area (Å²) in [6, 6.07) is 0. The third-order valence-corrected chi connectivity index (χ3v) is 4.60. The quantitative estimate of drug-likeness (QED) is 0.802. The fourth-order valence-electron chi connectivity index (χ4n) is 2.83. The number of fused-ring (bicyclic) bond motifs is 1. The average Bonchev–Trinajstić information content (AvgIpc) is 2.91. The second-order valence-electron chi connectivity index (χ2n) is 4.58. The van der Waals surface area contributed by atoms with Crippen LogP contribution in [0.25, 0.3) is 0 Å². The summed E-state index contributed by atoms with van der Waals surface area (Å²) in [5.74, 6) is 1.50. The van der Waals surface area contributed by atoms with Crippen LogP contribution < -0.4 is 4.90 Å². The predicted octanol–water partition coefficient (Wildman–Crippen LogP) is 2.71. The Kier molecular flexibility index (Phi) is 2.53. The third kappa shape index (κ3) is 1.69. The standard InChI is InChI=1S/C10H13F2N3S/c11-8(12)9-13-14-10(16-9)15-4-6-2-1-3-7(6)5-15/h6-8H,1-5H2. The van der Waals surface area contributed by atoms with Crippen molar-refractivity contribution in [2.24, 2.45) is 11.8 Å². The van der Waals surface area contributed by atoms with E-state index in [2.05, 4.69) is 15.1 Å². The van der Waals surface area contributed by atoms with E-state index in [0.717, 1.165) is 36.3 Å². The topological polar surface area (TPSA) is 29.0 Å². The summed E-state index contributed by atoms with van der Waals surface area (Å²) in [6.07, 6.45) is 1.39. The zero-order valence-corrected chi connectivity index (χ0v) is 9.59. The number of rotatable bonds is 2. The summed E-state index contributed by atoms with van der Waals surface area (Å²) in [6.45, 7) is 1.95. The molecule has 2 atom stereocenters. The molecule has 1 saturated heterocycles. The Bertz CT molecular complexity index is 370. The number of anilines is 1. The molecule has 2 fully saturated rings. The van der Waals surface area contributed by atoms with Crippen LogP contribution >= 0.6 is 11.3 Å². The van der Waals surface area contributed by atoms with Crippen LogP contribution in [0.3, 0.4) is 0 Å². The molecule has 1 saturated carbocycles. The van der Waals surface area contributed by atoms with Gasteiger partial charge in [-0.2, -0.15) is 0 Å². The van der Waals surface area contributed by atoms with Crippen LogP contribution in [0.1, 0.15) is 30.7 Å². The fourth-order valence-corrected chi connectivity index (χ4v) is 3.55. The van der Waals surface area contributed by atoms with Crippen molar-refractivity contribution in [3.8, 4) is 0 Å². The number of aromatic nitrogens is 2. The van der Waals surface area contributed by atoms with Crippen molar-refractivity contribution in [2.75, 3.05) is 18.0 Å². The Morgan fingerprint density at radius 2 is 1.88 bits per heavy atom. The molecule has 2 unspecified atom stereocenters. The van der Waals surface area contributed by atoms with Crippen LogP contribution in [0.5, 0.6) is 0 Å². The van der Waals surface area contributed by atoms with Gasteiger partial charge in [-0.3, -0.25) is 0 Å². The molecular formula is C10H13F2N3S. The molecule has 6 heteroatoms. The van der Waals surface area contributed by atoms with E-state index in [-0.39, 0.29) is 5.01 Å². The van der Waals surface area contributed by atoms with Crippen LogP contribution in [0, 0.1) is 11.8 Å². The van der Waals surface area contributed by atoms with E-state index >= 15 is 0 Å². The highest BCUT2D eigenvalue weighted by molar-refractivity contribution is 7.15. The summed E-state index contributed by atoms with van der Waals surface area (Å²) in [5.41, 5.74) is 0. The number of halogens is 2. The maximum Gasteiger partial charge on any atom is 0.291 e. The Morgan fingerprint density at radius 3 is 2.44 bits per heavy atom. The average molecular weight is 245 g/mol. The zero-order valence-electron chi connectivity index (χ0n) is 8.77. The first kappa shape index (κ1) is 10.4. The molecule has 0 aromatic carbocycles. The van der Waals surface area contributed by atoms with Gasteiger partial charge in [-0.25, -0.2) is 8.78 Å². The SMILES string of the molecule is FC(F)c1nnc(N2CC3CCCC3C2)s1. The molecular weight excluding hydrogens is 232 g/mol. The van der Waals surface area contributed by atoms with Gasteiger partial charge in [0.05, 0.1) is 0 Å². The van der Waals surface area contributed by atoms with E-state index in [0.29, 0.717) is 5.13 Å². The molecule has 1 aromatic rings. The molecule has 0 N–H and O–H groups in total. The van der Waals surface area contributed by atoms with Gasteiger partial charge < -0.3 is 4.90 Å². The van der Waals surface area contributed by atoms with Gasteiger partial charge >= 0.3 is 0 Å². The lowest BCUT2D eigenvalue weighted by molar-refractivity contribution is 0.150. The number of hydrogen-bond donors (Lipinski definition) is 0. The predicted molar refractivity (Wildman–Crippen MR) is 57.9 cm³/mol. The van der Waals surface area contributed by atoms with Crippen molar-refractivity contribution in [1.82, 2.24) is 10.2 Å². The second kappa shape index (κ2) is 3.91. The van der Waals surface area contributed by atoms with Crippen LogP contribution in [-0.4, -0.2) is 23.3 Å². The molecule has 2 aliphatic rings. The molecule has 0 spiro atoms. The van der Waals surface area contributed by atoms with Gasteiger partial charge in [-0.1, -0.05) is 17.8 Å². The Balaban J connectivity index is 1.73. The largest absolute Gasteiger partial charge is 0.346 e. The third-order valence-electron chi connectivity index (χ3n) is 3.61. The minimum atomic E-state index is -2.49. The lowest BCUT2D eigenvalue weighted by Gasteiger charge is -2.14. The molecule has 0 bridgehead atoms. The second-order valence-corrected chi connectivity index (χ2v) is 5.57. The van der Waals surface area contributed by atoms with Gasteiger partial charge in [-0.05, 0) is 24.7 Å². The smallest absolute Gasteiger partial charge is 0.291 e. The van der Waals surface area contributed by atoms with Crippen molar-refractivity contribution in [3.05, 3.63) is 5.01 Å². The number of hydrogen-bond acceptors (Lipinski definition) is 4. The van der Waals surface area contributed by atoms with Crippen LogP contribution in [0.2, 0.25) is 0 Å². The van der Waals surface area contributed by atoms with E-state index in [1.165, 1.54) is 19.3 Å². The molecule has 3 rings (SSSR count). The lowest BCUT2D eigenvalue weighted by Crippen LogP contribution is -2.20. The van der Waals surface area contributed by atoms with Gasteiger partial charge in [0.2, 0.25) is 5.13 Å². The van der Waals surface area contributed by atoms with E-state index in [1.54, 1.807) is 0 Å². The van der Waals surface area contributed by atoms with E-state index in [1.807, 2.05) is 0 Å². The van der Waals surface area contributed by atoms with E-state index in [4.69, 9.17) is 0 Å². The van der Waals surface area contributed by atoms with E-state index in [9.17, 15) is 8.78 Å². The van der Waals surface area contributed by atoms with Gasteiger partial charge in [0.25, 0.3) is 6.43 Å². The number of nitrogens with zero attached hydrogens (tertiary/aromatic N) is 3. The first-order valence-electron chi connectivity index (χ1n) is 5.60. The monoisotopic (exact) mass is 245 g/mol. The lowest BCUT2D eigenvalue weighted by atomic mass is 10.0. The van der Waals surface area contributed by atoms with Gasteiger partial charge in [0, 0.05) is 13.1 Å². The molecule has 88 valence electrons. The zero-order chi connectivity index (χ0) is 11.1. The van der Waals surface area contributed by atoms with Crippen LogP contribution in [-0.2, 0) is 0 Å². The summed E-state index contributed by atoms with van der Waals surface area (Å²) in [4.78, 5) is 2.12. The van der Waals surface area contributed by atoms with E-state index < -0.39 is 6.43 Å². The molecule has 1 aromatic heterocycles. The van der Waals surface area contributed by atoms with Crippen molar-refractivity contribution in [1.29, 1.82) is 0 Å². The molecule has 0 radical (unpaired) electrons. The molecule has 3 nitrogen and oxygen atoms in total. The molecule has 2 heterocycles. The summed E-state index contributed by atoms with van der Waals surface area (Å²) < 4.78 is 24.8. The maximum atomic E-state index is 12.4. The maximum absolute atomic E-state index is 12.4. The molecule has 1 aliphatic carbocycles. The summed E-state index contributed by atoms with van der Waals surface area (Å²) in [7, 11) is 0. The highest BCUT2D eigenvalue weighted by Gasteiger charge is 2.37. The van der Waals surface area contributed by atoms with Crippen LogP contribution in [0.4, 0.5) is 13.9 Å². The fraction of sp³-hybridized carbons (Fsp3) is 0.800. The Morgan fingerprint density at radius 1 is 1.19 bits per heavy atom. The highest BCUT2D eigenvalue weighted by Crippen LogP contribution is 2.40. The van der Waals surface area contributed by atoms with Crippen molar-refractivity contribution in [2.45, 2.75) is 25.7 Å².